The molecular weight excluding hydrogens is 356 g/mol. The molecule has 29 heavy (non-hydrogen) atoms. The molecule has 0 unspecified atom stereocenters. The van der Waals surface area contributed by atoms with Crippen LogP contribution in [0.4, 0.5) is 11.4 Å². The van der Waals surface area contributed by atoms with Crippen molar-refractivity contribution in [1.82, 2.24) is 0 Å². The number of aromatic hydroxyl groups is 1. The lowest BCUT2D eigenvalue weighted by molar-refractivity contribution is 0.425. The number of anilines is 1. The first-order valence-electron chi connectivity index (χ1n) is 10.1. The number of aryl methyl sites for hydroxylation is 1. The van der Waals surface area contributed by atoms with E-state index in [0.717, 1.165) is 17.7 Å². The Morgan fingerprint density at radius 2 is 1.86 bits per heavy atom. The van der Waals surface area contributed by atoms with Gasteiger partial charge in [-0.25, -0.2) is 0 Å². The predicted molar refractivity (Wildman–Crippen MR) is 119 cm³/mol. The summed E-state index contributed by atoms with van der Waals surface area (Å²) in [4.78, 5) is 4.52. The highest BCUT2D eigenvalue weighted by Gasteiger charge is 2.37. The van der Waals surface area contributed by atoms with Gasteiger partial charge in [0.05, 0.1) is 11.7 Å². The SMILES string of the molecule is Cc1ccc2c(c1)[C@@H]1C=CC[C@H]1[C@@H](c1ccc(N=Cc3ccccc3O)cc1)N2. The molecule has 0 radical (unpaired) electrons. The molecule has 3 aromatic rings. The van der Waals surface area contributed by atoms with Gasteiger partial charge in [0.1, 0.15) is 5.75 Å². The molecule has 3 aromatic carbocycles. The van der Waals surface area contributed by atoms with Crippen LogP contribution in [0.15, 0.2) is 83.9 Å². The fourth-order valence-corrected chi connectivity index (χ4v) is 4.55. The van der Waals surface area contributed by atoms with Gasteiger partial charge < -0.3 is 10.4 Å². The van der Waals surface area contributed by atoms with Crippen LogP contribution in [0.3, 0.4) is 0 Å². The molecule has 0 spiro atoms. The number of fused-ring (bicyclic) bond motifs is 3. The second-order valence-electron chi connectivity index (χ2n) is 7.97. The van der Waals surface area contributed by atoms with E-state index in [9.17, 15) is 5.11 Å². The number of nitrogens with one attached hydrogen (secondary N) is 1. The first-order valence-corrected chi connectivity index (χ1v) is 10.1. The maximum Gasteiger partial charge on any atom is 0.124 e. The summed E-state index contributed by atoms with van der Waals surface area (Å²) < 4.78 is 0. The molecule has 0 amide bonds. The molecule has 1 aliphatic carbocycles. The van der Waals surface area contributed by atoms with Crippen LogP contribution in [-0.4, -0.2) is 11.3 Å². The minimum absolute atomic E-state index is 0.243. The Kier molecular flexibility index (Phi) is 4.44. The number of nitrogens with zero attached hydrogens (tertiary/aromatic N) is 1. The van der Waals surface area contributed by atoms with E-state index in [1.807, 2.05) is 18.2 Å². The van der Waals surface area contributed by atoms with E-state index in [1.165, 1.54) is 22.4 Å². The Balaban J connectivity index is 1.40. The van der Waals surface area contributed by atoms with E-state index in [4.69, 9.17) is 0 Å². The van der Waals surface area contributed by atoms with Crippen LogP contribution in [0.2, 0.25) is 0 Å². The van der Waals surface area contributed by atoms with Crippen molar-refractivity contribution < 1.29 is 5.11 Å². The molecular formula is C26H24N2O. The number of hydrogen-bond acceptors (Lipinski definition) is 3. The van der Waals surface area contributed by atoms with Crippen LogP contribution < -0.4 is 5.32 Å². The highest BCUT2D eigenvalue weighted by Crippen LogP contribution is 2.50. The Bertz CT molecular complexity index is 1100. The number of benzene rings is 3. The summed E-state index contributed by atoms with van der Waals surface area (Å²) in [5, 5.41) is 13.7. The highest BCUT2D eigenvalue weighted by molar-refractivity contribution is 5.85. The quantitative estimate of drug-likeness (QED) is 0.415. The standard InChI is InChI=1S/C26H24N2O/c1-17-9-14-24-23(15-17)21-6-4-7-22(21)26(28-24)18-10-12-20(13-11-18)27-16-19-5-2-3-8-25(19)29/h2-6,8-16,21-22,26,28-29H,7H2,1H3/t21-,22-,26-/m1/s1. The molecule has 1 heterocycles. The molecule has 0 aromatic heterocycles. The topological polar surface area (TPSA) is 44.6 Å². The highest BCUT2D eigenvalue weighted by atomic mass is 16.3. The zero-order valence-electron chi connectivity index (χ0n) is 16.4. The maximum absolute atomic E-state index is 9.88. The Labute approximate surface area is 171 Å². The normalized spacial score (nSPS) is 22.3. The summed E-state index contributed by atoms with van der Waals surface area (Å²) in [6.07, 6.45) is 7.51. The summed E-state index contributed by atoms with van der Waals surface area (Å²) in [5.41, 5.74) is 6.87. The van der Waals surface area contributed by atoms with Gasteiger partial charge in [0, 0.05) is 23.4 Å². The van der Waals surface area contributed by atoms with Gasteiger partial charge in [-0.1, -0.05) is 54.1 Å². The summed E-state index contributed by atoms with van der Waals surface area (Å²) >= 11 is 0. The second-order valence-corrected chi connectivity index (χ2v) is 7.97. The smallest absolute Gasteiger partial charge is 0.124 e. The minimum atomic E-state index is 0.243. The van der Waals surface area contributed by atoms with Gasteiger partial charge in [-0.05, 0) is 60.7 Å². The number of phenols is 1. The first kappa shape index (κ1) is 17.7. The van der Waals surface area contributed by atoms with Crippen molar-refractivity contribution in [3.05, 3.63) is 101 Å². The lowest BCUT2D eigenvalue weighted by Gasteiger charge is -2.37. The van der Waals surface area contributed by atoms with Crippen molar-refractivity contribution in [2.45, 2.75) is 25.3 Å². The molecule has 0 saturated carbocycles. The van der Waals surface area contributed by atoms with Gasteiger partial charge in [0.25, 0.3) is 0 Å². The molecule has 3 atom stereocenters. The average Bonchev–Trinajstić information content (AvgIpc) is 3.23. The van der Waals surface area contributed by atoms with E-state index in [1.54, 1.807) is 12.3 Å². The molecule has 2 aliphatic rings. The molecule has 3 nitrogen and oxygen atoms in total. The van der Waals surface area contributed by atoms with Crippen molar-refractivity contribution in [3.8, 4) is 5.75 Å². The summed E-state index contributed by atoms with van der Waals surface area (Å²) in [6, 6.07) is 22.7. The number of aliphatic imine (C=N–C) groups is 1. The van der Waals surface area contributed by atoms with Crippen LogP contribution in [0, 0.1) is 12.8 Å². The predicted octanol–water partition coefficient (Wildman–Crippen LogP) is 6.28. The molecule has 144 valence electrons. The van der Waals surface area contributed by atoms with E-state index >= 15 is 0 Å². The molecule has 2 N–H and O–H groups in total. The largest absolute Gasteiger partial charge is 0.507 e. The van der Waals surface area contributed by atoms with Gasteiger partial charge in [0.15, 0.2) is 0 Å². The third-order valence-corrected chi connectivity index (χ3v) is 6.06. The van der Waals surface area contributed by atoms with Crippen LogP contribution in [-0.2, 0) is 0 Å². The van der Waals surface area contributed by atoms with Crippen molar-refractivity contribution in [3.63, 3.8) is 0 Å². The number of allylic oxidation sites excluding steroid dienone is 2. The molecule has 3 heteroatoms. The molecule has 0 saturated heterocycles. The van der Waals surface area contributed by atoms with Crippen molar-refractivity contribution in [2.75, 3.05) is 5.32 Å². The van der Waals surface area contributed by atoms with Crippen LogP contribution in [0.5, 0.6) is 5.75 Å². The molecule has 5 rings (SSSR count). The maximum atomic E-state index is 9.88. The Hall–Kier alpha value is -3.33. The third kappa shape index (κ3) is 3.33. The zero-order valence-corrected chi connectivity index (χ0v) is 16.4. The second kappa shape index (κ2) is 7.25. The fraction of sp³-hybridized carbons (Fsp3) is 0.192. The van der Waals surface area contributed by atoms with E-state index in [2.05, 4.69) is 71.8 Å². The number of para-hydroxylation sites is 1. The van der Waals surface area contributed by atoms with Crippen LogP contribution in [0.25, 0.3) is 0 Å². The van der Waals surface area contributed by atoms with Crippen molar-refractivity contribution in [1.29, 1.82) is 0 Å². The van der Waals surface area contributed by atoms with Gasteiger partial charge in [-0.3, -0.25) is 4.99 Å². The van der Waals surface area contributed by atoms with Crippen LogP contribution in [0.1, 0.15) is 40.6 Å². The first-order chi connectivity index (χ1) is 14.2. The number of hydrogen-bond donors (Lipinski definition) is 2. The summed E-state index contributed by atoms with van der Waals surface area (Å²) in [6.45, 7) is 2.16. The van der Waals surface area contributed by atoms with Gasteiger partial charge in [-0.2, -0.15) is 0 Å². The summed E-state index contributed by atoms with van der Waals surface area (Å²) in [7, 11) is 0. The van der Waals surface area contributed by atoms with Crippen molar-refractivity contribution in [2.24, 2.45) is 10.9 Å². The Morgan fingerprint density at radius 3 is 2.69 bits per heavy atom. The average molecular weight is 380 g/mol. The summed E-state index contributed by atoms with van der Waals surface area (Å²) in [5.74, 6) is 1.27. The number of rotatable bonds is 3. The van der Waals surface area contributed by atoms with E-state index in [-0.39, 0.29) is 5.75 Å². The van der Waals surface area contributed by atoms with Crippen molar-refractivity contribution >= 4 is 17.6 Å². The van der Waals surface area contributed by atoms with Gasteiger partial charge in [0.2, 0.25) is 0 Å². The third-order valence-electron chi connectivity index (χ3n) is 6.06. The van der Waals surface area contributed by atoms with Gasteiger partial charge in [-0.15, -0.1) is 0 Å². The number of phenolic OH excluding ortho intramolecular Hbond substituents is 1. The lowest BCUT2D eigenvalue weighted by Crippen LogP contribution is -2.29. The van der Waals surface area contributed by atoms with Crippen LogP contribution >= 0.6 is 0 Å². The minimum Gasteiger partial charge on any atom is -0.507 e. The molecule has 0 bridgehead atoms. The van der Waals surface area contributed by atoms with E-state index in [0.29, 0.717) is 17.9 Å². The molecule has 0 fully saturated rings. The monoisotopic (exact) mass is 380 g/mol. The Morgan fingerprint density at radius 1 is 1.03 bits per heavy atom. The van der Waals surface area contributed by atoms with Gasteiger partial charge >= 0.3 is 0 Å². The molecule has 1 aliphatic heterocycles. The van der Waals surface area contributed by atoms with E-state index < -0.39 is 0 Å². The zero-order chi connectivity index (χ0) is 19.8. The fourth-order valence-electron chi connectivity index (χ4n) is 4.55. The lowest BCUT2D eigenvalue weighted by atomic mass is 9.76.